The Morgan fingerprint density at radius 1 is 0.909 bits per heavy atom. The Morgan fingerprint density at radius 3 is 1.36 bits per heavy atom. The molecule has 0 aliphatic carbocycles. The Morgan fingerprint density at radius 2 is 1.18 bits per heavy atom. The van der Waals surface area contributed by atoms with Gasteiger partial charge in [0.25, 0.3) is 0 Å². The molecule has 3 nitrogen and oxygen atoms in total. The van der Waals surface area contributed by atoms with Crippen LogP contribution >= 0.6 is 0 Å². The first-order valence-corrected chi connectivity index (χ1v) is 2.49. The van der Waals surface area contributed by atoms with Gasteiger partial charge in [-0.2, -0.15) is 17.6 Å². The highest BCUT2D eigenvalue weighted by atomic mass is 19.3. The van der Waals surface area contributed by atoms with Crippen LogP contribution in [0.3, 0.4) is 0 Å². The van der Waals surface area contributed by atoms with Crippen LogP contribution in [-0.2, 0) is 4.74 Å². The van der Waals surface area contributed by atoms with Gasteiger partial charge in [0.05, 0.1) is 0 Å². The van der Waals surface area contributed by atoms with E-state index in [4.69, 9.17) is 10.2 Å². The molecule has 0 heterocycles. The summed E-state index contributed by atoms with van der Waals surface area (Å²) in [7, 11) is 0. The second kappa shape index (κ2) is 3.33. The lowest BCUT2D eigenvalue weighted by Crippen LogP contribution is -2.29. The third-order valence-electron chi connectivity index (χ3n) is 0.551. The summed E-state index contributed by atoms with van der Waals surface area (Å²) < 4.78 is 49.2. The smallest absolute Gasteiger partial charge is 0.363 e. The van der Waals surface area contributed by atoms with Gasteiger partial charge in [0.15, 0.2) is 0 Å². The fourth-order valence-corrected chi connectivity index (χ4v) is 0.297. The normalized spacial score (nSPS) is 13.6. The predicted octanol–water partition coefficient (Wildman–Crippen LogP) is 0.173. The van der Waals surface area contributed by atoms with Gasteiger partial charge in [-0.1, -0.05) is 0 Å². The predicted molar refractivity (Wildman–Crippen MR) is 25.2 cm³/mol. The SMILES string of the molecule is OC(F)(F)COCC(O)(F)F. The van der Waals surface area contributed by atoms with Crippen LogP contribution in [0.5, 0.6) is 0 Å². The molecule has 68 valence electrons. The molecule has 7 heteroatoms. The van der Waals surface area contributed by atoms with Gasteiger partial charge in [-0.05, 0) is 0 Å². The summed E-state index contributed by atoms with van der Waals surface area (Å²) >= 11 is 0. The van der Waals surface area contributed by atoms with Gasteiger partial charge in [-0.25, -0.2) is 0 Å². The summed E-state index contributed by atoms with van der Waals surface area (Å²) in [6.45, 7) is -3.13. The maximum atomic E-state index is 11.4. The molecule has 0 aromatic rings. The monoisotopic (exact) mass is 178 g/mol. The van der Waals surface area contributed by atoms with Crippen LogP contribution in [0.2, 0.25) is 0 Å². The van der Waals surface area contributed by atoms with Crippen LogP contribution < -0.4 is 0 Å². The lowest BCUT2D eigenvalue weighted by Gasteiger charge is -2.11. The van der Waals surface area contributed by atoms with Crippen molar-refractivity contribution in [3.05, 3.63) is 0 Å². The van der Waals surface area contributed by atoms with Crippen LogP contribution in [-0.4, -0.2) is 35.6 Å². The molecule has 0 aromatic carbocycles. The third-order valence-corrected chi connectivity index (χ3v) is 0.551. The van der Waals surface area contributed by atoms with Crippen molar-refractivity contribution in [2.75, 3.05) is 13.2 Å². The van der Waals surface area contributed by atoms with E-state index in [2.05, 4.69) is 4.74 Å². The highest BCUT2D eigenvalue weighted by Crippen LogP contribution is 2.12. The molecule has 0 atom stereocenters. The fraction of sp³-hybridized carbons (Fsp3) is 1.00. The fourth-order valence-electron chi connectivity index (χ4n) is 0.297. The topological polar surface area (TPSA) is 49.7 Å². The molecule has 0 aliphatic heterocycles. The Hall–Kier alpha value is -0.400. The van der Waals surface area contributed by atoms with E-state index in [1.807, 2.05) is 0 Å². The molecule has 0 radical (unpaired) electrons. The van der Waals surface area contributed by atoms with Crippen molar-refractivity contribution < 1.29 is 32.5 Å². The van der Waals surface area contributed by atoms with Crippen molar-refractivity contribution in [2.24, 2.45) is 0 Å². The van der Waals surface area contributed by atoms with E-state index in [9.17, 15) is 17.6 Å². The number of hydrogen-bond donors (Lipinski definition) is 2. The number of ether oxygens (including phenoxy) is 1. The van der Waals surface area contributed by atoms with Gasteiger partial charge in [-0.15, -0.1) is 0 Å². The van der Waals surface area contributed by atoms with Gasteiger partial charge in [0.1, 0.15) is 13.2 Å². The van der Waals surface area contributed by atoms with E-state index >= 15 is 0 Å². The van der Waals surface area contributed by atoms with Gasteiger partial charge in [0, 0.05) is 0 Å². The molecule has 0 amide bonds. The van der Waals surface area contributed by atoms with Crippen molar-refractivity contribution in [2.45, 2.75) is 12.2 Å². The zero-order chi connectivity index (χ0) is 9.12. The first-order valence-electron chi connectivity index (χ1n) is 2.49. The first-order chi connectivity index (χ1) is 4.71. The standard InChI is InChI=1S/C4H6F4O3/c5-3(6,9)1-11-2-4(7,8)10/h9-10H,1-2H2. The molecule has 0 unspecified atom stereocenters. The number of halogens is 4. The van der Waals surface area contributed by atoms with E-state index in [0.29, 0.717) is 0 Å². The van der Waals surface area contributed by atoms with E-state index in [1.165, 1.54) is 0 Å². The van der Waals surface area contributed by atoms with E-state index in [-0.39, 0.29) is 0 Å². The third kappa shape index (κ3) is 9.60. The Labute approximate surface area is 59.2 Å². The van der Waals surface area contributed by atoms with Gasteiger partial charge < -0.3 is 14.9 Å². The Kier molecular flexibility index (Phi) is 3.21. The van der Waals surface area contributed by atoms with Crippen LogP contribution in [0.15, 0.2) is 0 Å². The molecule has 0 fully saturated rings. The maximum absolute atomic E-state index is 11.4. The molecule has 2 N–H and O–H groups in total. The molecule has 0 saturated heterocycles. The lowest BCUT2D eigenvalue weighted by atomic mass is 10.6. The highest BCUT2D eigenvalue weighted by molar-refractivity contribution is 4.48. The number of aliphatic hydroxyl groups is 2. The van der Waals surface area contributed by atoms with Crippen LogP contribution in [0.4, 0.5) is 17.6 Å². The van der Waals surface area contributed by atoms with Crippen molar-refractivity contribution in [3.8, 4) is 0 Å². The van der Waals surface area contributed by atoms with Crippen molar-refractivity contribution in [1.29, 1.82) is 0 Å². The molecule has 0 aromatic heterocycles. The number of alkyl halides is 4. The number of rotatable bonds is 4. The Bertz CT molecular complexity index is 101. The molecule has 0 aliphatic rings. The maximum Gasteiger partial charge on any atom is 0.376 e. The van der Waals surface area contributed by atoms with Gasteiger partial charge in [0.2, 0.25) is 0 Å². The zero-order valence-electron chi connectivity index (χ0n) is 5.23. The largest absolute Gasteiger partial charge is 0.376 e. The van der Waals surface area contributed by atoms with Crippen molar-refractivity contribution in [3.63, 3.8) is 0 Å². The molecule has 0 spiro atoms. The molecule has 0 rings (SSSR count). The summed E-state index contributed by atoms with van der Waals surface area (Å²) in [5.41, 5.74) is 0. The Balaban J connectivity index is 3.44. The zero-order valence-corrected chi connectivity index (χ0v) is 5.23. The second-order valence-corrected chi connectivity index (χ2v) is 1.82. The second-order valence-electron chi connectivity index (χ2n) is 1.82. The minimum absolute atomic E-state index is 1.57. The van der Waals surface area contributed by atoms with Crippen LogP contribution in [0.25, 0.3) is 0 Å². The molecule has 0 saturated carbocycles. The molecular formula is C4H6F4O3. The summed E-state index contributed by atoms with van der Waals surface area (Å²) in [4.78, 5) is 0. The van der Waals surface area contributed by atoms with Crippen LogP contribution in [0, 0.1) is 0 Å². The minimum Gasteiger partial charge on any atom is -0.363 e. The van der Waals surface area contributed by atoms with Gasteiger partial charge in [-0.3, -0.25) is 0 Å². The summed E-state index contributed by atoms with van der Waals surface area (Å²) in [6.07, 6.45) is -8.30. The van der Waals surface area contributed by atoms with Gasteiger partial charge >= 0.3 is 12.2 Å². The highest BCUT2D eigenvalue weighted by Gasteiger charge is 2.29. The van der Waals surface area contributed by atoms with Crippen molar-refractivity contribution >= 4 is 0 Å². The number of hydrogen-bond acceptors (Lipinski definition) is 3. The summed E-state index contributed by atoms with van der Waals surface area (Å²) in [6, 6.07) is 0. The molecule has 0 bridgehead atoms. The van der Waals surface area contributed by atoms with E-state index in [1.54, 1.807) is 0 Å². The van der Waals surface area contributed by atoms with Crippen molar-refractivity contribution in [1.82, 2.24) is 0 Å². The first kappa shape index (κ1) is 10.6. The molecular weight excluding hydrogens is 172 g/mol. The van der Waals surface area contributed by atoms with E-state index in [0.717, 1.165) is 0 Å². The van der Waals surface area contributed by atoms with Crippen LogP contribution in [0.1, 0.15) is 0 Å². The quantitative estimate of drug-likeness (QED) is 0.603. The molecule has 11 heavy (non-hydrogen) atoms. The minimum atomic E-state index is -4.15. The summed E-state index contributed by atoms with van der Waals surface area (Å²) in [5, 5.41) is 15.3. The summed E-state index contributed by atoms with van der Waals surface area (Å²) in [5.74, 6) is 0. The average Bonchev–Trinajstić information content (AvgIpc) is 1.55. The lowest BCUT2D eigenvalue weighted by molar-refractivity contribution is -0.271. The average molecular weight is 178 g/mol. The van der Waals surface area contributed by atoms with E-state index < -0.39 is 25.4 Å².